The molecule has 0 aromatic heterocycles. The van der Waals surface area contributed by atoms with E-state index in [9.17, 15) is 0 Å². The Morgan fingerprint density at radius 1 is 1.00 bits per heavy atom. The van der Waals surface area contributed by atoms with Crippen LogP contribution in [-0.4, -0.2) is 5.11 Å². The van der Waals surface area contributed by atoms with Gasteiger partial charge in [-0.25, -0.2) is 0 Å². The molecule has 0 unspecified atom stereocenters. The van der Waals surface area contributed by atoms with E-state index >= 15 is 0 Å². The molecule has 1 aromatic rings. The lowest BCUT2D eigenvalue weighted by molar-refractivity contribution is 0.282. The van der Waals surface area contributed by atoms with Crippen LogP contribution in [0.3, 0.4) is 0 Å². The molecule has 1 N–H and O–H groups in total. The highest BCUT2D eigenvalue weighted by molar-refractivity contribution is 5.12. The summed E-state index contributed by atoms with van der Waals surface area (Å²) in [5.74, 6) is 0. The molecule has 0 aliphatic carbocycles. The summed E-state index contributed by atoms with van der Waals surface area (Å²) >= 11 is 0. The molecule has 0 amide bonds. The second-order valence-electron chi connectivity index (χ2n) is 2.64. The third-order valence-electron chi connectivity index (χ3n) is 1.53. The standard InChI is InChI=1S/C7H8O.C4H10/c8-6-7-4-2-1-3-5-7;1-3-4-2/h1-5,8H,6H2;3-4H2,1-2H3. The summed E-state index contributed by atoms with van der Waals surface area (Å²) in [6.07, 6.45) is 2.64. The number of aliphatic hydroxyl groups is 1. The number of aliphatic hydroxyl groups excluding tert-OH is 1. The summed E-state index contributed by atoms with van der Waals surface area (Å²) in [6.45, 7) is 4.50. The maximum atomic E-state index is 8.54. The van der Waals surface area contributed by atoms with Crippen LogP contribution in [0.15, 0.2) is 30.3 Å². The summed E-state index contributed by atoms with van der Waals surface area (Å²) in [5, 5.41) is 8.54. The van der Waals surface area contributed by atoms with Gasteiger partial charge in [-0.3, -0.25) is 0 Å². The van der Waals surface area contributed by atoms with Crippen molar-refractivity contribution < 1.29 is 5.11 Å². The third kappa shape index (κ3) is 5.93. The van der Waals surface area contributed by atoms with Crippen LogP contribution in [0, 0.1) is 0 Å². The summed E-state index contributed by atoms with van der Waals surface area (Å²) in [5.41, 5.74) is 0.965. The van der Waals surface area contributed by atoms with Gasteiger partial charge in [0.25, 0.3) is 0 Å². The van der Waals surface area contributed by atoms with E-state index in [1.54, 1.807) is 0 Å². The van der Waals surface area contributed by atoms with E-state index in [1.807, 2.05) is 30.3 Å². The Morgan fingerprint density at radius 2 is 1.50 bits per heavy atom. The van der Waals surface area contributed by atoms with Gasteiger partial charge >= 0.3 is 0 Å². The Kier molecular flexibility index (Phi) is 7.71. The molecule has 1 nitrogen and oxygen atoms in total. The largest absolute Gasteiger partial charge is 0.392 e. The first kappa shape index (κ1) is 11.2. The van der Waals surface area contributed by atoms with Crippen molar-refractivity contribution in [2.45, 2.75) is 33.3 Å². The smallest absolute Gasteiger partial charge is 0.0681 e. The number of benzene rings is 1. The van der Waals surface area contributed by atoms with Gasteiger partial charge in [0, 0.05) is 0 Å². The Labute approximate surface area is 75.1 Å². The first-order chi connectivity index (χ1) is 5.85. The predicted octanol–water partition coefficient (Wildman–Crippen LogP) is 2.99. The second-order valence-corrected chi connectivity index (χ2v) is 2.64. The molecular weight excluding hydrogens is 148 g/mol. The number of unbranched alkanes of at least 4 members (excludes halogenated alkanes) is 1. The molecular formula is C11H18O. The molecule has 0 bridgehead atoms. The van der Waals surface area contributed by atoms with Crippen molar-refractivity contribution in [2.75, 3.05) is 0 Å². The first-order valence-electron chi connectivity index (χ1n) is 4.49. The van der Waals surface area contributed by atoms with Crippen molar-refractivity contribution in [1.82, 2.24) is 0 Å². The maximum Gasteiger partial charge on any atom is 0.0681 e. The van der Waals surface area contributed by atoms with Gasteiger partial charge in [0.05, 0.1) is 6.61 Å². The molecule has 0 atom stereocenters. The number of hydrogen-bond donors (Lipinski definition) is 1. The topological polar surface area (TPSA) is 20.2 Å². The zero-order valence-corrected chi connectivity index (χ0v) is 7.96. The Balaban J connectivity index is 0.000000261. The molecule has 1 rings (SSSR count). The van der Waals surface area contributed by atoms with E-state index in [2.05, 4.69) is 13.8 Å². The molecule has 1 heteroatoms. The van der Waals surface area contributed by atoms with Crippen LogP contribution in [-0.2, 0) is 6.61 Å². The van der Waals surface area contributed by atoms with E-state index in [0.29, 0.717) is 0 Å². The zero-order valence-electron chi connectivity index (χ0n) is 7.96. The monoisotopic (exact) mass is 166 g/mol. The summed E-state index contributed by atoms with van der Waals surface area (Å²) in [4.78, 5) is 0. The maximum absolute atomic E-state index is 8.54. The van der Waals surface area contributed by atoms with E-state index in [1.165, 1.54) is 12.8 Å². The average molecular weight is 166 g/mol. The van der Waals surface area contributed by atoms with Gasteiger partial charge in [-0.15, -0.1) is 0 Å². The van der Waals surface area contributed by atoms with Crippen LogP contribution in [0.1, 0.15) is 32.3 Å². The third-order valence-corrected chi connectivity index (χ3v) is 1.53. The molecule has 1 aromatic carbocycles. The van der Waals surface area contributed by atoms with Crippen molar-refractivity contribution in [1.29, 1.82) is 0 Å². The van der Waals surface area contributed by atoms with Gasteiger partial charge in [-0.1, -0.05) is 57.0 Å². The normalized spacial score (nSPS) is 8.58. The van der Waals surface area contributed by atoms with Gasteiger partial charge in [-0.05, 0) is 5.56 Å². The minimum atomic E-state index is 0.140. The van der Waals surface area contributed by atoms with Gasteiger partial charge < -0.3 is 5.11 Å². The van der Waals surface area contributed by atoms with Gasteiger partial charge in [0.15, 0.2) is 0 Å². The molecule has 68 valence electrons. The Hall–Kier alpha value is -0.820. The summed E-state index contributed by atoms with van der Waals surface area (Å²) in [6, 6.07) is 9.52. The van der Waals surface area contributed by atoms with Gasteiger partial charge in [0.1, 0.15) is 0 Å². The average Bonchev–Trinajstić information content (AvgIpc) is 2.19. The minimum absolute atomic E-state index is 0.140. The molecule has 0 fully saturated rings. The number of hydrogen-bond acceptors (Lipinski definition) is 1. The number of rotatable bonds is 2. The van der Waals surface area contributed by atoms with Crippen LogP contribution in [0.2, 0.25) is 0 Å². The van der Waals surface area contributed by atoms with Crippen LogP contribution >= 0.6 is 0 Å². The molecule has 0 saturated heterocycles. The lowest BCUT2D eigenvalue weighted by Crippen LogP contribution is -1.77. The quantitative estimate of drug-likeness (QED) is 0.716. The highest BCUT2D eigenvalue weighted by Crippen LogP contribution is 1.95. The van der Waals surface area contributed by atoms with Crippen LogP contribution in [0.25, 0.3) is 0 Å². The van der Waals surface area contributed by atoms with Gasteiger partial charge in [0.2, 0.25) is 0 Å². The SMILES string of the molecule is CCCC.OCc1ccccc1. The molecule has 0 heterocycles. The van der Waals surface area contributed by atoms with E-state index in [-0.39, 0.29) is 6.61 Å². The van der Waals surface area contributed by atoms with Gasteiger partial charge in [-0.2, -0.15) is 0 Å². The fourth-order valence-corrected chi connectivity index (χ4v) is 0.583. The van der Waals surface area contributed by atoms with E-state index in [0.717, 1.165) is 5.56 Å². The Morgan fingerprint density at radius 3 is 1.75 bits per heavy atom. The molecule has 0 aliphatic rings. The molecule has 0 radical (unpaired) electrons. The zero-order chi connectivity index (χ0) is 9.23. The van der Waals surface area contributed by atoms with Crippen LogP contribution < -0.4 is 0 Å². The molecule has 0 aliphatic heterocycles. The predicted molar refractivity (Wildman–Crippen MR) is 52.9 cm³/mol. The van der Waals surface area contributed by atoms with E-state index in [4.69, 9.17) is 5.11 Å². The van der Waals surface area contributed by atoms with Crippen molar-refractivity contribution in [3.8, 4) is 0 Å². The lowest BCUT2D eigenvalue weighted by atomic mass is 10.2. The highest BCUT2D eigenvalue weighted by atomic mass is 16.3. The second kappa shape index (κ2) is 8.28. The molecule has 12 heavy (non-hydrogen) atoms. The van der Waals surface area contributed by atoms with Crippen molar-refractivity contribution in [3.63, 3.8) is 0 Å². The first-order valence-corrected chi connectivity index (χ1v) is 4.49. The van der Waals surface area contributed by atoms with Crippen molar-refractivity contribution in [2.24, 2.45) is 0 Å². The van der Waals surface area contributed by atoms with Crippen LogP contribution in [0.4, 0.5) is 0 Å². The lowest BCUT2D eigenvalue weighted by Gasteiger charge is -1.89. The van der Waals surface area contributed by atoms with Crippen molar-refractivity contribution in [3.05, 3.63) is 35.9 Å². The summed E-state index contributed by atoms with van der Waals surface area (Å²) in [7, 11) is 0. The Bertz CT molecular complexity index is 168. The fourth-order valence-electron chi connectivity index (χ4n) is 0.583. The van der Waals surface area contributed by atoms with Crippen LogP contribution in [0.5, 0.6) is 0 Å². The van der Waals surface area contributed by atoms with Crippen molar-refractivity contribution >= 4 is 0 Å². The fraction of sp³-hybridized carbons (Fsp3) is 0.455. The molecule has 0 saturated carbocycles. The van der Waals surface area contributed by atoms with E-state index < -0.39 is 0 Å². The summed E-state index contributed by atoms with van der Waals surface area (Å²) < 4.78 is 0. The minimum Gasteiger partial charge on any atom is -0.392 e. The molecule has 0 spiro atoms. The highest BCUT2D eigenvalue weighted by Gasteiger charge is 1.81.